The van der Waals surface area contributed by atoms with E-state index in [1.54, 1.807) is 48.5 Å². The Kier molecular flexibility index (Phi) is 10.6. The van der Waals surface area contributed by atoms with Gasteiger partial charge in [0, 0.05) is 49.7 Å². The second-order valence-corrected chi connectivity index (χ2v) is 11.6. The van der Waals surface area contributed by atoms with Crippen LogP contribution in [-0.2, 0) is 29.1 Å². The van der Waals surface area contributed by atoms with Gasteiger partial charge in [0.05, 0.1) is 24.0 Å². The third kappa shape index (κ3) is 8.83. The van der Waals surface area contributed by atoms with E-state index in [4.69, 9.17) is 14.3 Å². The van der Waals surface area contributed by atoms with Crippen molar-refractivity contribution in [1.82, 2.24) is 4.72 Å². The van der Waals surface area contributed by atoms with Crippen molar-refractivity contribution in [2.45, 2.75) is 0 Å². The van der Waals surface area contributed by atoms with E-state index in [0.29, 0.717) is 23.5 Å². The average Bonchev–Trinajstić information content (AvgIpc) is 3.36. The van der Waals surface area contributed by atoms with E-state index in [1.165, 1.54) is 13.2 Å². The summed E-state index contributed by atoms with van der Waals surface area (Å²) in [5.41, 5.74) is 3.86. The molecule has 4 rings (SSSR count). The number of esters is 1. The third-order valence-corrected chi connectivity index (χ3v) is 7.18. The molecule has 230 valence electrons. The number of carbonyl (C=O) groups excluding carboxylic acids is 3. The van der Waals surface area contributed by atoms with Gasteiger partial charge in [0.15, 0.2) is 0 Å². The number of hydrogen-bond donors (Lipinski definition) is 2. The Morgan fingerprint density at radius 3 is 2.39 bits per heavy atom. The van der Waals surface area contributed by atoms with Crippen LogP contribution in [0, 0.1) is 0 Å². The molecule has 2 N–H and O–H groups in total. The van der Waals surface area contributed by atoms with Crippen LogP contribution >= 0.6 is 0 Å². The number of nitrogens with zero attached hydrogens (tertiary/aromatic N) is 2. The van der Waals surface area contributed by atoms with Crippen LogP contribution in [0.3, 0.4) is 0 Å². The van der Waals surface area contributed by atoms with Crippen LogP contribution in [0.15, 0.2) is 83.5 Å². The lowest BCUT2D eigenvalue weighted by atomic mass is 10.00. The number of nitrogens with one attached hydrogen (secondary N) is 2. The zero-order valence-electron chi connectivity index (χ0n) is 24.4. The first-order chi connectivity index (χ1) is 21.0. The van der Waals surface area contributed by atoms with Crippen LogP contribution in [0.4, 0.5) is 11.4 Å². The fraction of sp³-hybridized carbons (Fsp3) is 0.226. The lowest BCUT2D eigenvalue weighted by molar-refractivity contribution is -0.136. The highest BCUT2D eigenvalue weighted by Gasteiger charge is 2.27. The Balaban J connectivity index is 1.40. The van der Waals surface area contributed by atoms with Crippen molar-refractivity contribution in [3.63, 3.8) is 0 Å². The number of benzene rings is 3. The van der Waals surface area contributed by atoms with E-state index >= 15 is 0 Å². The van der Waals surface area contributed by atoms with E-state index < -0.39 is 27.9 Å². The highest BCUT2D eigenvalue weighted by Crippen LogP contribution is 2.23. The summed E-state index contributed by atoms with van der Waals surface area (Å²) in [6.45, 7) is 1.13. The van der Waals surface area contributed by atoms with Crippen molar-refractivity contribution in [3.05, 3.63) is 101 Å². The lowest BCUT2D eigenvalue weighted by Crippen LogP contribution is -2.32. The molecule has 1 amide bonds. The normalized spacial score (nSPS) is 13.8. The van der Waals surface area contributed by atoms with Crippen molar-refractivity contribution in [2.24, 2.45) is 5.16 Å². The minimum atomic E-state index is -3.26. The van der Waals surface area contributed by atoms with Crippen LogP contribution in [0.2, 0.25) is 0 Å². The number of methoxy groups -OCH3 is 1. The topological polar surface area (TPSA) is 153 Å². The summed E-state index contributed by atoms with van der Waals surface area (Å²) in [4.78, 5) is 44.4. The van der Waals surface area contributed by atoms with Crippen molar-refractivity contribution in [2.75, 3.05) is 56.9 Å². The van der Waals surface area contributed by atoms with Gasteiger partial charge in [-0.1, -0.05) is 35.5 Å². The van der Waals surface area contributed by atoms with Crippen molar-refractivity contribution in [3.8, 4) is 0 Å². The summed E-state index contributed by atoms with van der Waals surface area (Å²) < 4.78 is 35.0. The standard InChI is InChI=1S/C31H32N4O8S/c1-35(16-15-32-44(3,39)40)26-13-7-21(8-14-26)19-27-28(34-43-31(27)38)22-9-11-25(12-10-22)33-29(36)23-5-4-6-24(20-23)30(37)42-18-17-41-2/h4-14,19-20,32H,15-18H2,1-3H3,(H,33,36). The fourth-order valence-corrected chi connectivity index (χ4v) is 4.60. The number of likely N-dealkylation sites (N-methyl/N-ethyl adjacent to an activating group) is 1. The lowest BCUT2D eigenvalue weighted by Gasteiger charge is -2.19. The number of rotatable bonds is 13. The molecule has 0 spiro atoms. The van der Waals surface area contributed by atoms with Gasteiger partial charge in [-0.3, -0.25) is 4.79 Å². The monoisotopic (exact) mass is 620 g/mol. The van der Waals surface area contributed by atoms with Gasteiger partial charge in [-0.2, -0.15) is 0 Å². The first-order valence-corrected chi connectivity index (χ1v) is 15.4. The molecule has 0 aliphatic carbocycles. The molecule has 3 aromatic carbocycles. The number of sulfonamides is 1. The zero-order chi connectivity index (χ0) is 31.7. The second kappa shape index (κ2) is 14.6. The zero-order valence-corrected chi connectivity index (χ0v) is 25.2. The van der Waals surface area contributed by atoms with Gasteiger partial charge in [0.1, 0.15) is 12.3 Å². The third-order valence-electron chi connectivity index (χ3n) is 6.45. The number of amides is 1. The predicted molar refractivity (Wildman–Crippen MR) is 166 cm³/mol. The molecule has 0 atom stereocenters. The maximum Gasteiger partial charge on any atom is 0.368 e. The fourth-order valence-electron chi connectivity index (χ4n) is 4.14. The number of hydrogen-bond acceptors (Lipinski definition) is 10. The van der Waals surface area contributed by atoms with Crippen LogP contribution in [0.25, 0.3) is 6.08 Å². The Hall–Kier alpha value is -4.85. The molecule has 0 fully saturated rings. The molecular formula is C31H32N4O8S. The summed E-state index contributed by atoms with van der Waals surface area (Å²) in [6.07, 6.45) is 2.79. The molecule has 0 saturated carbocycles. The summed E-state index contributed by atoms with van der Waals surface area (Å²) in [5, 5.41) is 6.74. The molecule has 3 aromatic rings. The first kappa shape index (κ1) is 32.1. The molecule has 0 aromatic heterocycles. The summed E-state index contributed by atoms with van der Waals surface area (Å²) in [5.74, 6) is -1.56. The Bertz CT molecular complexity index is 1680. The number of carbonyl (C=O) groups is 3. The average molecular weight is 621 g/mol. The quantitative estimate of drug-likeness (QED) is 0.127. The van der Waals surface area contributed by atoms with Crippen molar-refractivity contribution < 1.29 is 37.1 Å². The molecule has 0 unspecified atom stereocenters. The maximum absolute atomic E-state index is 12.8. The van der Waals surface area contributed by atoms with Crippen LogP contribution in [0.5, 0.6) is 0 Å². The minimum Gasteiger partial charge on any atom is -0.460 e. The van der Waals surface area contributed by atoms with E-state index in [9.17, 15) is 22.8 Å². The number of anilines is 2. The van der Waals surface area contributed by atoms with Crippen LogP contribution in [-0.4, -0.2) is 78.7 Å². The molecule has 13 heteroatoms. The van der Waals surface area contributed by atoms with Crippen LogP contribution < -0.4 is 14.9 Å². The van der Waals surface area contributed by atoms with Gasteiger partial charge in [-0.05, 0) is 54.1 Å². The Morgan fingerprint density at radius 1 is 1.00 bits per heavy atom. The van der Waals surface area contributed by atoms with E-state index in [2.05, 4.69) is 15.2 Å². The van der Waals surface area contributed by atoms with Crippen LogP contribution in [0.1, 0.15) is 31.8 Å². The van der Waals surface area contributed by atoms with E-state index in [0.717, 1.165) is 17.5 Å². The SMILES string of the molecule is COCCOC(=O)c1cccc(C(=O)Nc2ccc(C3=NOC(=O)C3=Cc3ccc(N(C)CCNS(C)(=O)=O)cc3)cc2)c1. The highest BCUT2D eigenvalue weighted by molar-refractivity contribution is 7.88. The molecule has 0 saturated heterocycles. The molecular weight excluding hydrogens is 588 g/mol. The van der Waals surface area contributed by atoms with Gasteiger partial charge in [-0.25, -0.2) is 22.7 Å². The van der Waals surface area contributed by atoms with Crippen molar-refractivity contribution in [1.29, 1.82) is 0 Å². The maximum atomic E-state index is 12.8. The molecule has 1 heterocycles. The van der Waals surface area contributed by atoms with E-state index in [1.807, 2.05) is 36.2 Å². The largest absolute Gasteiger partial charge is 0.460 e. The summed E-state index contributed by atoms with van der Waals surface area (Å²) in [7, 11) is 0.0957. The van der Waals surface area contributed by atoms with Crippen molar-refractivity contribution >= 4 is 51.0 Å². The first-order valence-electron chi connectivity index (χ1n) is 13.5. The van der Waals surface area contributed by atoms with Gasteiger partial charge in [-0.15, -0.1) is 0 Å². The van der Waals surface area contributed by atoms with Gasteiger partial charge in [0.25, 0.3) is 5.91 Å². The molecule has 0 radical (unpaired) electrons. The molecule has 12 nitrogen and oxygen atoms in total. The molecule has 44 heavy (non-hydrogen) atoms. The molecule has 1 aliphatic rings. The number of ether oxygens (including phenoxy) is 2. The highest BCUT2D eigenvalue weighted by atomic mass is 32.2. The van der Waals surface area contributed by atoms with Gasteiger partial charge in [0.2, 0.25) is 10.0 Å². The molecule has 0 bridgehead atoms. The second-order valence-electron chi connectivity index (χ2n) is 9.80. The van der Waals surface area contributed by atoms with Gasteiger partial charge >= 0.3 is 11.9 Å². The van der Waals surface area contributed by atoms with E-state index in [-0.39, 0.29) is 36.5 Å². The summed E-state index contributed by atoms with van der Waals surface area (Å²) in [6, 6.07) is 20.3. The number of oxime groups is 1. The summed E-state index contributed by atoms with van der Waals surface area (Å²) >= 11 is 0. The predicted octanol–water partition coefficient (Wildman–Crippen LogP) is 3.07. The Labute approximate surface area is 255 Å². The smallest absolute Gasteiger partial charge is 0.368 e. The Morgan fingerprint density at radius 2 is 1.70 bits per heavy atom. The van der Waals surface area contributed by atoms with Gasteiger partial charge < -0.3 is 24.5 Å². The minimum absolute atomic E-state index is 0.107. The molecule has 1 aliphatic heterocycles.